The van der Waals surface area contributed by atoms with Crippen LogP contribution in [0.25, 0.3) is 0 Å². The Bertz CT molecular complexity index is 518. The maximum atomic E-state index is 13.1. The molecule has 116 valence electrons. The average molecular weight is 315 g/mol. The normalized spacial score (nSPS) is 19.0. The van der Waals surface area contributed by atoms with Gasteiger partial charge in [-0.1, -0.05) is 17.7 Å². The number of carbonyl (C=O) groups excluding carboxylic acids is 1. The van der Waals surface area contributed by atoms with E-state index in [0.717, 1.165) is 13.1 Å². The van der Waals surface area contributed by atoms with Gasteiger partial charge in [-0.05, 0) is 50.6 Å². The SMILES string of the molecule is COC1(C(=O)NC(C)c2ccc(F)cc2Cl)CCNCC1. The van der Waals surface area contributed by atoms with Crippen LogP contribution in [0.1, 0.15) is 31.4 Å². The maximum absolute atomic E-state index is 13.1. The monoisotopic (exact) mass is 314 g/mol. The molecule has 1 aliphatic rings. The van der Waals surface area contributed by atoms with Gasteiger partial charge in [-0.3, -0.25) is 4.79 Å². The highest BCUT2D eigenvalue weighted by Gasteiger charge is 2.40. The van der Waals surface area contributed by atoms with Crippen molar-refractivity contribution in [1.82, 2.24) is 10.6 Å². The van der Waals surface area contributed by atoms with E-state index in [1.807, 2.05) is 6.92 Å². The van der Waals surface area contributed by atoms with E-state index in [1.165, 1.54) is 12.1 Å². The fourth-order valence-electron chi connectivity index (χ4n) is 2.61. The average Bonchev–Trinajstić information content (AvgIpc) is 2.47. The van der Waals surface area contributed by atoms with E-state index in [9.17, 15) is 9.18 Å². The Morgan fingerprint density at radius 3 is 2.71 bits per heavy atom. The lowest BCUT2D eigenvalue weighted by atomic mass is 9.90. The molecular weight excluding hydrogens is 295 g/mol. The first-order chi connectivity index (χ1) is 9.98. The summed E-state index contributed by atoms with van der Waals surface area (Å²) in [6.07, 6.45) is 1.25. The number of nitrogens with one attached hydrogen (secondary N) is 2. The van der Waals surface area contributed by atoms with E-state index in [-0.39, 0.29) is 11.9 Å². The van der Waals surface area contributed by atoms with Crippen LogP contribution >= 0.6 is 11.6 Å². The van der Waals surface area contributed by atoms with Crippen LogP contribution in [-0.2, 0) is 9.53 Å². The van der Waals surface area contributed by atoms with Crippen LogP contribution in [0.2, 0.25) is 5.02 Å². The van der Waals surface area contributed by atoms with Gasteiger partial charge in [0, 0.05) is 12.1 Å². The van der Waals surface area contributed by atoms with E-state index in [0.29, 0.717) is 23.4 Å². The summed E-state index contributed by atoms with van der Waals surface area (Å²) in [5.41, 5.74) is -0.113. The Morgan fingerprint density at radius 2 is 2.14 bits per heavy atom. The minimum Gasteiger partial charge on any atom is -0.368 e. The highest BCUT2D eigenvalue weighted by atomic mass is 35.5. The van der Waals surface area contributed by atoms with E-state index in [1.54, 1.807) is 13.2 Å². The molecule has 1 amide bonds. The summed E-state index contributed by atoms with van der Waals surface area (Å²) in [5, 5.41) is 6.43. The fourth-order valence-corrected chi connectivity index (χ4v) is 2.94. The number of carbonyl (C=O) groups is 1. The zero-order valence-electron chi connectivity index (χ0n) is 12.2. The van der Waals surface area contributed by atoms with Gasteiger partial charge in [0.2, 0.25) is 0 Å². The third kappa shape index (κ3) is 3.54. The van der Waals surface area contributed by atoms with Gasteiger partial charge in [-0.15, -0.1) is 0 Å². The molecule has 1 aromatic carbocycles. The Kier molecular flexibility index (Phi) is 5.19. The maximum Gasteiger partial charge on any atom is 0.252 e. The second kappa shape index (κ2) is 6.73. The predicted molar refractivity (Wildman–Crippen MR) is 79.8 cm³/mol. The number of benzene rings is 1. The quantitative estimate of drug-likeness (QED) is 0.897. The molecule has 0 bridgehead atoms. The molecule has 21 heavy (non-hydrogen) atoms. The standard InChI is InChI=1S/C15H20ClFN2O2/c1-10(12-4-3-11(17)9-13(12)16)19-14(20)15(21-2)5-7-18-8-6-15/h3-4,9-10,18H,5-8H2,1-2H3,(H,19,20). The van der Waals surface area contributed by atoms with Crippen molar-refractivity contribution in [2.75, 3.05) is 20.2 Å². The number of hydrogen-bond acceptors (Lipinski definition) is 3. The van der Waals surface area contributed by atoms with Gasteiger partial charge in [-0.2, -0.15) is 0 Å². The summed E-state index contributed by atoms with van der Waals surface area (Å²) in [6.45, 7) is 3.31. The Labute approximate surface area is 129 Å². The minimum absolute atomic E-state index is 0.153. The van der Waals surface area contributed by atoms with Crippen molar-refractivity contribution in [1.29, 1.82) is 0 Å². The summed E-state index contributed by atoms with van der Waals surface area (Å²) in [6, 6.07) is 3.86. The summed E-state index contributed by atoms with van der Waals surface area (Å²) in [7, 11) is 1.56. The van der Waals surface area contributed by atoms with Crippen LogP contribution < -0.4 is 10.6 Å². The summed E-state index contributed by atoms with van der Waals surface area (Å²) >= 11 is 6.03. The number of methoxy groups -OCH3 is 1. The van der Waals surface area contributed by atoms with E-state index in [4.69, 9.17) is 16.3 Å². The molecule has 1 aliphatic heterocycles. The van der Waals surface area contributed by atoms with Crippen molar-refractivity contribution in [2.24, 2.45) is 0 Å². The number of halogens is 2. The van der Waals surface area contributed by atoms with E-state index < -0.39 is 11.4 Å². The Balaban J connectivity index is 2.10. The highest BCUT2D eigenvalue weighted by molar-refractivity contribution is 6.31. The highest BCUT2D eigenvalue weighted by Crippen LogP contribution is 2.27. The molecule has 6 heteroatoms. The van der Waals surface area contributed by atoms with Crippen molar-refractivity contribution in [3.63, 3.8) is 0 Å². The van der Waals surface area contributed by atoms with E-state index in [2.05, 4.69) is 10.6 Å². The summed E-state index contributed by atoms with van der Waals surface area (Å²) in [4.78, 5) is 12.5. The molecule has 1 atom stereocenters. The molecule has 1 unspecified atom stereocenters. The van der Waals surface area contributed by atoms with E-state index >= 15 is 0 Å². The molecule has 2 N–H and O–H groups in total. The zero-order valence-corrected chi connectivity index (χ0v) is 13.0. The lowest BCUT2D eigenvalue weighted by molar-refractivity contribution is -0.147. The minimum atomic E-state index is -0.800. The van der Waals surface area contributed by atoms with Gasteiger partial charge < -0.3 is 15.4 Å². The van der Waals surface area contributed by atoms with Gasteiger partial charge in [0.1, 0.15) is 11.4 Å². The van der Waals surface area contributed by atoms with Crippen LogP contribution in [0.5, 0.6) is 0 Å². The molecular formula is C15H20ClFN2O2. The summed E-state index contributed by atoms with van der Waals surface area (Å²) in [5.74, 6) is -0.548. The molecule has 0 aliphatic carbocycles. The van der Waals surface area contributed by atoms with Gasteiger partial charge in [0.15, 0.2) is 0 Å². The fraction of sp³-hybridized carbons (Fsp3) is 0.533. The van der Waals surface area contributed by atoms with Crippen molar-refractivity contribution >= 4 is 17.5 Å². The van der Waals surface area contributed by atoms with Crippen LogP contribution in [-0.4, -0.2) is 31.7 Å². The molecule has 1 aromatic rings. The second-order valence-corrected chi connectivity index (χ2v) is 5.72. The first-order valence-electron chi connectivity index (χ1n) is 7.00. The largest absolute Gasteiger partial charge is 0.368 e. The number of hydrogen-bond donors (Lipinski definition) is 2. The van der Waals surface area contributed by atoms with Crippen LogP contribution in [0, 0.1) is 5.82 Å². The van der Waals surface area contributed by atoms with Crippen LogP contribution in [0.3, 0.4) is 0 Å². The number of rotatable bonds is 4. The topological polar surface area (TPSA) is 50.4 Å². The number of piperidine rings is 1. The van der Waals surface area contributed by atoms with Crippen molar-refractivity contribution in [3.05, 3.63) is 34.6 Å². The number of ether oxygens (including phenoxy) is 1. The molecule has 0 saturated carbocycles. The number of amides is 1. The van der Waals surface area contributed by atoms with Crippen molar-refractivity contribution < 1.29 is 13.9 Å². The molecule has 0 radical (unpaired) electrons. The van der Waals surface area contributed by atoms with Gasteiger partial charge in [-0.25, -0.2) is 4.39 Å². The van der Waals surface area contributed by atoms with Crippen LogP contribution in [0.4, 0.5) is 4.39 Å². The molecule has 1 saturated heterocycles. The van der Waals surface area contributed by atoms with Gasteiger partial charge in [0.05, 0.1) is 6.04 Å². The zero-order chi connectivity index (χ0) is 15.5. The smallest absolute Gasteiger partial charge is 0.252 e. The second-order valence-electron chi connectivity index (χ2n) is 5.31. The molecule has 1 heterocycles. The first-order valence-corrected chi connectivity index (χ1v) is 7.38. The summed E-state index contributed by atoms with van der Waals surface area (Å²) < 4.78 is 18.6. The molecule has 0 aromatic heterocycles. The Hall–Kier alpha value is -1.17. The first kappa shape index (κ1) is 16.2. The van der Waals surface area contributed by atoms with Gasteiger partial charge in [0.25, 0.3) is 5.91 Å². The van der Waals surface area contributed by atoms with Crippen molar-refractivity contribution in [3.8, 4) is 0 Å². The third-order valence-corrected chi connectivity index (χ3v) is 4.32. The molecule has 2 rings (SSSR count). The lowest BCUT2D eigenvalue weighted by Crippen LogP contribution is -2.54. The molecule has 4 nitrogen and oxygen atoms in total. The third-order valence-electron chi connectivity index (χ3n) is 3.99. The lowest BCUT2D eigenvalue weighted by Gasteiger charge is -2.35. The van der Waals surface area contributed by atoms with Gasteiger partial charge >= 0.3 is 0 Å². The molecule has 0 spiro atoms. The Morgan fingerprint density at radius 1 is 1.48 bits per heavy atom. The molecule has 1 fully saturated rings. The van der Waals surface area contributed by atoms with Crippen molar-refractivity contribution in [2.45, 2.75) is 31.4 Å². The predicted octanol–water partition coefficient (Wildman–Crippen LogP) is 2.42. The van der Waals surface area contributed by atoms with Crippen LogP contribution in [0.15, 0.2) is 18.2 Å².